The van der Waals surface area contributed by atoms with E-state index < -0.39 is 12.0 Å². The fourth-order valence-corrected chi connectivity index (χ4v) is 3.47. The first-order chi connectivity index (χ1) is 13.2. The summed E-state index contributed by atoms with van der Waals surface area (Å²) in [6, 6.07) is 26.5. The molecule has 0 amide bonds. The standard InChI is InChI=1S/C23H20N2O2/c26-23(27)22(19-15-24-20-14-8-7-13-18(19)20)25-21(16-9-3-1-4-10-16)17-11-5-2-6-12-17/h1-15,21-22,24-25H,(H,26,27). The Hall–Kier alpha value is -3.37. The molecule has 0 aliphatic rings. The van der Waals surface area contributed by atoms with E-state index in [1.54, 1.807) is 6.20 Å². The van der Waals surface area contributed by atoms with Crippen molar-refractivity contribution in [2.45, 2.75) is 12.1 Å². The molecule has 4 aromatic rings. The molecule has 134 valence electrons. The van der Waals surface area contributed by atoms with Crippen LogP contribution in [0.25, 0.3) is 10.9 Å². The number of carbonyl (C=O) groups is 1. The number of para-hydroxylation sites is 1. The van der Waals surface area contributed by atoms with Crippen molar-refractivity contribution in [3.63, 3.8) is 0 Å². The second-order valence-corrected chi connectivity index (χ2v) is 6.48. The quantitative estimate of drug-likeness (QED) is 0.470. The van der Waals surface area contributed by atoms with Gasteiger partial charge < -0.3 is 10.1 Å². The third-order valence-electron chi connectivity index (χ3n) is 4.78. The molecule has 1 unspecified atom stereocenters. The van der Waals surface area contributed by atoms with Crippen molar-refractivity contribution >= 4 is 16.9 Å². The maximum absolute atomic E-state index is 12.2. The molecule has 0 saturated heterocycles. The van der Waals surface area contributed by atoms with Crippen molar-refractivity contribution in [2.75, 3.05) is 0 Å². The van der Waals surface area contributed by atoms with Crippen molar-refractivity contribution < 1.29 is 9.90 Å². The topological polar surface area (TPSA) is 65.1 Å². The van der Waals surface area contributed by atoms with Crippen molar-refractivity contribution in [1.29, 1.82) is 0 Å². The monoisotopic (exact) mass is 356 g/mol. The van der Waals surface area contributed by atoms with Crippen LogP contribution in [0.3, 0.4) is 0 Å². The van der Waals surface area contributed by atoms with Crippen LogP contribution in [-0.2, 0) is 4.79 Å². The summed E-state index contributed by atoms with van der Waals surface area (Å²) < 4.78 is 0. The van der Waals surface area contributed by atoms with Gasteiger partial charge in [-0.2, -0.15) is 0 Å². The van der Waals surface area contributed by atoms with E-state index in [1.807, 2.05) is 84.9 Å². The third-order valence-corrected chi connectivity index (χ3v) is 4.78. The molecule has 4 heteroatoms. The van der Waals surface area contributed by atoms with Crippen molar-refractivity contribution in [3.8, 4) is 0 Å². The van der Waals surface area contributed by atoms with Gasteiger partial charge in [0.05, 0.1) is 6.04 Å². The Labute approximate surface area is 157 Å². The molecule has 0 fully saturated rings. The maximum Gasteiger partial charge on any atom is 0.325 e. The lowest BCUT2D eigenvalue weighted by molar-refractivity contribution is -0.139. The Morgan fingerprint density at radius 1 is 0.815 bits per heavy atom. The van der Waals surface area contributed by atoms with Gasteiger partial charge in [0.25, 0.3) is 0 Å². The van der Waals surface area contributed by atoms with Gasteiger partial charge in [0.2, 0.25) is 0 Å². The number of aromatic amines is 1. The van der Waals surface area contributed by atoms with E-state index in [0.29, 0.717) is 0 Å². The van der Waals surface area contributed by atoms with E-state index in [0.717, 1.165) is 27.6 Å². The molecule has 0 bridgehead atoms. The van der Waals surface area contributed by atoms with E-state index >= 15 is 0 Å². The number of H-pyrrole nitrogens is 1. The van der Waals surface area contributed by atoms with E-state index in [1.165, 1.54) is 0 Å². The Balaban J connectivity index is 1.77. The zero-order valence-electron chi connectivity index (χ0n) is 14.7. The molecule has 1 heterocycles. The van der Waals surface area contributed by atoms with Gasteiger partial charge in [-0.05, 0) is 17.2 Å². The van der Waals surface area contributed by atoms with E-state index in [-0.39, 0.29) is 6.04 Å². The Morgan fingerprint density at radius 2 is 1.37 bits per heavy atom. The number of carboxylic acid groups (broad SMARTS) is 1. The van der Waals surface area contributed by atoms with E-state index in [2.05, 4.69) is 10.3 Å². The largest absolute Gasteiger partial charge is 0.480 e. The van der Waals surface area contributed by atoms with Gasteiger partial charge in [-0.1, -0.05) is 78.9 Å². The first-order valence-electron chi connectivity index (χ1n) is 8.89. The predicted molar refractivity (Wildman–Crippen MR) is 107 cm³/mol. The van der Waals surface area contributed by atoms with Crippen LogP contribution in [0.2, 0.25) is 0 Å². The zero-order valence-corrected chi connectivity index (χ0v) is 14.7. The average Bonchev–Trinajstić information content (AvgIpc) is 3.14. The lowest BCUT2D eigenvalue weighted by Crippen LogP contribution is -2.32. The fraction of sp³-hybridized carbons (Fsp3) is 0.0870. The normalized spacial score (nSPS) is 12.3. The lowest BCUT2D eigenvalue weighted by atomic mass is 9.96. The molecule has 1 aromatic heterocycles. The number of carboxylic acids is 1. The van der Waals surface area contributed by atoms with E-state index in [4.69, 9.17) is 0 Å². The number of rotatable bonds is 6. The van der Waals surface area contributed by atoms with Crippen LogP contribution in [0.4, 0.5) is 0 Å². The summed E-state index contributed by atoms with van der Waals surface area (Å²) in [6.45, 7) is 0. The summed E-state index contributed by atoms with van der Waals surface area (Å²) >= 11 is 0. The SMILES string of the molecule is O=C(O)C(NC(c1ccccc1)c1ccccc1)c1c[nH]c2ccccc12. The Bertz CT molecular complexity index is 1000. The van der Waals surface area contributed by atoms with Crippen LogP contribution in [0, 0.1) is 0 Å². The highest BCUT2D eigenvalue weighted by Crippen LogP contribution is 2.29. The molecule has 0 aliphatic carbocycles. The predicted octanol–water partition coefficient (Wildman–Crippen LogP) is 4.67. The average molecular weight is 356 g/mol. The minimum absolute atomic E-state index is 0.234. The summed E-state index contributed by atoms with van der Waals surface area (Å²) in [5.74, 6) is -0.906. The number of hydrogen-bond donors (Lipinski definition) is 3. The van der Waals surface area contributed by atoms with Crippen LogP contribution < -0.4 is 5.32 Å². The number of nitrogens with one attached hydrogen (secondary N) is 2. The van der Waals surface area contributed by atoms with Crippen molar-refractivity contribution in [3.05, 3.63) is 108 Å². The van der Waals surface area contributed by atoms with Gasteiger partial charge in [-0.15, -0.1) is 0 Å². The minimum atomic E-state index is -0.906. The summed E-state index contributed by atoms with van der Waals surface area (Å²) in [7, 11) is 0. The molecule has 0 saturated carbocycles. The second-order valence-electron chi connectivity index (χ2n) is 6.48. The van der Waals surface area contributed by atoms with Gasteiger partial charge in [-0.3, -0.25) is 10.1 Å². The highest BCUT2D eigenvalue weighted by atomic mass is 16.4. The summed E-state index contributed by atoms with van der Waals surface area (Å²) in [5.41, 5.74) is 3.70. The lowest BCUT2D eigenvalue weighted by Gasteiger charge is -2.24. The molecule has 0 aliphatic heterocycles. The fourth-order valence-electron chi connectivity index (χ4n) is 3.47. The van der Waals surface area contributed by atoms with Gasteiger partial charge in [0.15, 0.2) is 0 Å². The first kappa shape index (κ1) is 17.1. The Kier molecular flexibility index (Phi) is 4.73. The van der Waals surface area contributed by atoms with Gasteiger partial charge >= 0.3 is 5.97 Å². The van der Waals surface area contributed by atoms with Crippen LogP contribution >= 0.6 is 0 Å². The van der Waals surface area contributed by atoms with Crippen molar-refractivity contribution in [1.82, 2.24) is 10.3 Å². The highest BCUT2D eigenvalue weighted by molar-refractivity contribution is 5.89. The number of hydrogen-bond acceptors (Lipinski definition) is 2. The molecule has 3 N–H and O–H groups in total. The molecule has 4 rings (SSSR count). The van der Waals surface area contributed by atoms with Crippen LogP contribution in [-0.4, -0.2) is 16.1 Å². The highest BCUT2D eigenvalue weighted by Gasteiger charge is 2.27. The minimum Gasteiger partial charge on any atom is -0.480 e. The maximum atomic E-state index is 12.2. The molecule has 0 spiro atoms. The van der Waals surface area contributed by atoms with Gasteiger partial charge in [0.1, 0.15) is 6.04 Å². The van der Waals surface area contributed by atoms with E-state index in [9.17, 15) is 9.90 Å². The summed E-state index contributed by atoms with van der Waals surface area (Å²) in [5, 5.41) is 14.2. The molecule has 4 nitrogen and oxygen atoms in total. The number of fused-ring (bicyclic) bond motifs is 1. The molecule has 3 aromatic carbocycles. The van der Waals surface area contributed by atoms with Crippen molar-refractivity contribution in [2.24, 2.45) is 0 Å². The van der Waals surface area contributed by atoms with Crippen LogP contribution in [0.1, 0.15) is 28.8 Å². The molecule has 27 heavy (non-hydrogen) atoms. The van der Waals surface area contributed by atoms with Crippen LogP contribution in [0.5, 0.6) is 0 Å². The second kappa shape index (κ2) is 7.48. The first-order valence-corrected chi connectivity index (χ1v) is 8.89. The molecule has 1 atom stereocenters. The van der Waals surface area contributed by atoms with Crippen LogP contribution in [0.15, 0.2) is 91.1 Å². The molecular formula is C23H20N2O2. The molecular weight excluding hydrogens is 336 g/mol. The summed E-state index contributed by atoms with van der Waals surface area (Å²) in [6.07, 6.45) is 1.78. The van der Waals surface area contributed by atoms with Gasteiger partial charge in [0, 0.05) is 22.7 Å². The number of aromatic nitrogens is 1. The molecule has 0 radical (unpaired) electrons. The Morgan fingerprint density at radius 3 is 1.96 bits per heavy atom. The number of aliphatic carboxylic acids is 1. The summed E-state index contributed by atoms with van der Waals surface area (Å²) in [4.78, 5) is 15.3. The smallest absolute Gasteiger partial charge is 0.325 e. The number of benzene rings is 3. The van der Waals surface area contributed by atoms with Gasteiger partial charge in [-0.25, -0.2) is 0 Å². The third kappa shape index (κ3) is 3.48. The zero-order chi connectivity index (χ0) is 18.6.